The zero-order chi connectivity index (χ0) is 20.4. The molecule has 4 rings (SSSR count). The number of fused-ring (bicyclic) bond motifs is 1. The first-order valence-corrected chi connectivity index (χ1v) is 8.85. The van der Waals surface area contributed by atoms with Crippen molar-refractivity contribution in [2.24, 2.45) is 0 Å². The molecular formula is C22H16F3N3O. The summed E-state index contributed by atoms with van der Waals surface area (Å²) in [5.41, 5.74) is 0.725. The average Bonchev–Trinajstić information content (AvgIpc) is 2.73. The van der Waals surface area contributed by atoms with Crippen LogP contribution in [-0.2, 0) is 6.18 Å². The Bertz CT molecular complexity index is 1130. The molecule has 0 spiro atoms. The summed E-state index contributed by atoms with van der Waals surface area (Å²) in [6, 6.07) is 16.6. The summed E-state index contributed by atoms with van der Waals surface area (Å²) in [5, 5.41) is 14.8. The van der Waals surface area contributed by atoms with Crippen LogP contribution in [0.2, 0.25) is 0 Å². The lowest BCUT2D eigenvalue weighted by molar-refractivity contribution is -0.137. The largest absolute Gasteiger partial charge is 0.505 e. The highest BCUT2D eigenvalue weighted by Gasteiger charge is 2.30. The lowest BCUT2D eigenvalue weighted by Crippen LogP contribution is -2.14. The third kappa shape index (κ3) is 3.85. The van der Waals surface area contributed by atoms with Crippen LogP contribution in [0.4, 0.5) is 19.0 Å². The number of phenolic OH excluding ortho intramolecular Hbond substituents is 1. The summed E-state index contributed by atoms with van der Waals surface area (Å²) in [5.74, 6) is 0.495. The number of nitrogens with one attached hydrogen (secondary N) is 1. The van der Waals surface area contributed by atoms with E-state index in [2.05, 4.69) is 15.3 Å². The lowest BCUT2D eigenvalue weighted by atomic mass is 9.95. The predicted octanol–water partition coefficient (Wildman–Crippen LogP) is 5.56. The molecule has 0 saturated carbocycles. The number of benzene rings is 2. The van der Waals surface area contributed by atoms with Crippen molar-refractivity contribution in [1.82, 2.24) is 9.97 Å². The van der Waals surface area contributed by atoms with Gasteiger partial charge in [-0.1, -0.05) is 36.4 Å². The standard InChI is InChI=1S/C22H16F3N3O/c23-22(24,25)16-9-6-15(7-10-16)19(28-18-5-1-2-12-26-18)17-11-8-14-4-3-13-27-20(14)21(17)29/h1-13,19,29H,(H,26,28)/t19-/m1/s1. The normalized spacial score (nSPS) is 12.7. The quantitative estimate of drug-likeness (QED) is 0.475. The van der Waals surface area contributed by atoms with Crippen LogP contribution < -0.4 is 5.32 Å². The number of aromatic nitrogens is 2. The zero-order valence-electron chi connectivity index (χ0n) is 15.1. The van der Waals surface area contributed by atoms with Gasteiger partial charge in [0.05, 0.1) is 11.6 Å². The molecule has 4 nitrogen and oxygen atoms in total. The van der Waals surface area contributed by atoms with Crippen molar-refractivity contribution in [2.75, 3.05) is 5.32 Å². The van der Waals surface area contributed by atoms with Gasteiger partial charge in [0.25, 0.3) is 0 Å². The van der Waals surface area contributed by atoms with Crippen molar-refractivity contribution in [3.8, 4) is 5.75 Å². The van der Waals surface area contributed by atoms with E-state index in [9.17, 15) is 18.3 Å². The fraction of sp³-hybridized carbons (Fsp3) is 0.0909. The van der Waals surface area contributed by atoms with E-state index in [1.54, 1.807) is 42.7 Å². The first kappa shape index (κ1) is 18.7. The van der Waals surface area contributed by atoms with E-state index >= 15 is 0 Å². The molecule has 0 unspecified atom stereocenters. The fourth-order valence-electron chi connectivity index (χ4n) is 3.18. The Morgan fingerprint density at radius 1 is 0.828 bits per heavy atom. The van der Waals surface area contributed by atoms with Crippen molar-refractivity contribution >= 4 is 16.7 Å². The van der Waals surface area contributed by atoms with Crippen LogP contribution in [0, 0.1) is 0 Å². The molecule has 0 aliphatic heterocycles. The topological polar surface area (TPSA) is 58.0 Å². The van der Waals surface area contributed by atoms with Gasteiger partial charge in [-0.05, 0) is 35.9 Å². The molecule has 0 aliphatic carbocycles. The Morgan fingerprint density at radius 2 is 1.59 bits per heavy atom. The van der Waals surface area contributed by atoms with Gasteiger partial charge in [0.15, 0.2) is 0 Å². The van der Waals surface area contributed by atoms with E-state index in [1.165, 1.54) is 12.1 Å². The van der Waals surface area contributed by atoms with Gasteiger partial charge in [0, 0.05) is 23.3 Å². The highest BCUT2D eigenvalue weighted by atomic mass is 19.4. The zero-order valence-corrected chi connectivity index (χ0v) is 15.1. The number of halogens is 3. The van der Waals surface area contributed by atoms with Gasteiger partial charge >= 0.3 is 6.18 Å². The van der Waals surface area contributed by atoms with Crippen molar-refractivity contribution in [3.05, 3.63) is 95.8 Å². The van der Waals surface area contributed by atoms with Crippen LogP contribution >= 0.6 is 0 Å². The second-order valence-corrected chi connectivity index (χ2v) is 6.49. The van der Waals surface area contributed by atoms with Crippen molar-refractivity contribution in [1.29, 1.82) is 0 Å². The minimum Gasteiger partial charge on any atom is -0.505 e. The van der Waals surface area contributed by atoms with Gasteiger partial charge in [-0.3, -0.25) is 4.98 Å². The molecule has 146 valence electrons. The third-order valence-electron chi connectivity index (χ3n) is 4.62. The SMILES string of the molecule is Oc1c([C@H](Nc2ccccn2)c2ccc(C(F)(F)F)cc2)ccc2cccnc12. The summed E-state index contributed by atoms with van der Waals surface area (Å²) >= 11 is 0. The van der Waals surface area contributed by atoms with Crippen LogP contribution in [0.15, 0.2) is 79.1 Å². The Morgan fingerprint density at radius 3 is 2.28 bits per heavy atom. The molecule has 7 heteroatoms. The molecule has 0 bridgehead atoms. The van der Waals surface area contributed by atoms with Crippen molar-refractivity contribution in [2.45, 2.75) is 12.2 Å². The Labute approximate surface area is 164 Å². The van der Waals surface area contributed by atoms with Gasteiger partial charge < -0.3 is 10.4 Å². The minimum absolute atomic E-state index is 0.0311. The smallest absolute Gasteiger partial charge is 0.416 e. The van der Waals surface area contributed by atoms with Crippen molar-refractivity contribution in [3.63, 3.8) is 0 Å². The van der Waals surface area contributed by atoms with E-state index in [4.69, 9.17) is 0 Å². The van der Waals surface area contributed by atoms with Crippen molar-refractivity contribution < 1.29 is 18.3 Å². The number of nitrogens with zero attached hydrogens (tertiary/aromatic N) is 2. The number of hydrogen-bond acceptors (Lipinski definition) is 4. The maximum absolute atomic E-state index is 13.0. The van der Waals surface area contributed by atoms with Crippen LogP contribution in [0.25, 0.3) is 10.9 Å². The van der Waals surface area contributed by atoms with E-state index < -0.39 is 17.8 Å². The molecule has 2 heterocycles. The van der Waals surface area contributed by atoms with Gasteiger partial charge in [0.2, 0.25) is 0 Å². The third-order valence-corrected chi connectivity index (χ3v) is 4.62. The monoisotopic (exact) mass is 395 g/mol. The number of phenols is 1. The summed E-state index contributed by atoms with van der Waals surface area (Å²) in [7, 11) is 0. The molecule has 2 aromatic carbocycles. The maximum atomic E-state index is 13.0. The second-order valence-electron chi connectivity index (χ2n) is 6.49. The Hall–Kier alpha value is -3.61. The average molecular weight is 395 g/mol. The number of anilines is 1. The van der Waals surface area contributed by atoms with E-state index in [1.807, 2.05) is 12.1 Å². The number of alkyl halides is 3. The molecule has 0 aliphatic rings. The first-order chi connectivity index (χ1) is 13.9. The van der Waals surface area contributed by atoms with Gasteiger partial charge in [-0.25, -0.2) is 4.98 Å². The van der Waals surface area contributed by atoms with Crippen LogP contribution in [0.5, 0.6) is 5.75 Å². The molecule has 0 saturated heterocycles. The lowest BCUT2D eigenvalue weighted by Gasteiger charge is -2.22. The molecule has 2 aromatic heterocycles. The fourth-order valence-corrected chi connectivity index (χ4v) is 3.18. The van der Waals surface area contributed by atoms with E-state index in [-0.39, 0.29) is 5.75 Å². The van der Waals surface area contributed by atoms with Gasteiger partial charge in [-0.2, -0.15) is 13.2 Å². The molecule has 4 aromatic rings. The summed E-state index contributed by atoms with van der Waals surface area (Å²) in [6.45, 7) is 0. The minimum atomic E-state index is -4.42. The Balaban J connectivity index is 1.82. The predicted molar refractivity (Wildman–Crippen MR) is 105 cm³/mol. The van der Waals surface area contributed by atoms with E-state index in [0.717, 1.165) is 17.5 Å². The highest BCUT2D eigenvalue weighted by molar-refractivity contribution is 5.86. The first-order valence-electron chi connectivity index (χ1n) is 8.85. The van der Waals surface area contributed by atoms with E-state index in [0.29, 0.717) is 22.5 Å². The van der Waals surface area contributed by atoms with Gasteiger partial charge in [0.1, 0.15) is 17.1 Å². The highest BCUT2D eigenvalue weighted by Crippen LogP contribution is 2.37. The molecule has 0 fully saturated rings. The molecule has 0 radical (unpaired) electrons. The molecule has 2 N–H and O–H groups in total. The van der Waals surface area contributed by atoms with Crippen LogP contribution in [0.1, 0.15) is 22.7 Å². The summed E-state index contributed by atoms with van der Waals surface area (Å²) in [6.07, 6.45) is -1.24. The van der Waals surface area contributed by atoms with Crippen LogP contribution in [0.3, 0.4) is 0 Å². The molecule has 1 atom stereocenters. The number of pyridine rings is 2. The summed E-state index contributed by atoms with van der Waals surface area (Å²) in [4.78, 5) is 8.46. The number of rotatable bonds is 4. The Kier molecular flexibility index (Phi) is 4.80. The summed E-state index contributed by atoms with van der Waals surface area (Å²) < 4.78 is 38.9. The molecule has 0 amide bonds. The van der Waals surface area contributed by atoms with Crippen LogP contribution in [-0.4, -0.2) is 15.1 Å². The maximum Gasteiger partial charge on any atom is 0.416 e. The molecule has 29 heavy (non-hydrogen) atoms. The van der Waals surface area contributed by atoms with Gasteiger partial charge in [-0.15, -0.1) is 0 Å². The molecular weight excluding hydrogens is 379 g/mol. The second kappa shape index (κ2) is 7.43. The number of hydrogen-bond donors (Lipinski definition) is 2. The number of aromatic hydroxyl groups is 1.